The lowest BCUT2D eigenvalue weighted by Crippen LogP contribution is -1.99. The van der Waals surface area contributed by atoms with Crippen molar-refractivity contribution in [2.24, 2.45) is 0 Å². The maximum atomic E-state index is 10.1. The fraction of sp³-hybridized carbons (Fsp3) is 0. The van der Waals surface area contributed by atoms with Crippen LogP contribution in [0.1, 0.15) is 5.89 Å². The molecule has 0 aromatic carbocycles. The molecule has 0 radical (unpaired) electrons. The van der Waals surface area contributed by atoms with Gasteiger partial charge in [0.15, 0.2) is 0 Å². The summed E-state index contributed by atoms with van der Waals surface area (Å²) < 4.78 is 4.45. The smallest absolute Gasteiger partial charge is 0.357 e. The third-order valence-electron chi connectivity index (χ3n) is 0.629. The van der Waals surface area contributed by atoms with Crippen LogP contribution in [0.4, 0.5) is 0 Å². The topological polar surface area (TPSA) is 58.9 Å². The molecule has 1 aromatic heterocycles. The number of rotatable bonds is 1. The molecular weight excluding hydrogens is 108 g/mol. The summed E-state index contributed by atoms with van der Waals surface area (Å²) in [5, 5.41) is 2.01. The molecule has 8 heavy (non-hydrogen) atoms. The molecule has 0 aliphatic heterocycles. The molecule has 4 nitrogen and oxygen atoms in total. The molecule has 42 valence electrons. The Morgan fingerprint density at radius 1 is 1.88 bits per heavy atom. The summed E-state index contributed by atoms with van der Waals surface area (Å²) in [6.07, 6.45) is 1.35. The van der Waals surface area contributed by atoms with Crippen molar-refractivity contribution < 1.29 is 4.52 Å². The lowest BCUT2D eigenvalue weighted by Gasteiger charge is -1.68. The van der Waals surface area contributed by atoms with Crippen molar-refractivity contribution in [2.75, 3.05) is 0 Å². The first-order chi connectivity index (χ1) is 3.83. The van der Waals surface area contributed by atoms with Gasteiger partial charge in [0.25, 0.3) is 0 Å². The van der Waals surface area contributed by atoms with Crippen molar-refractivity contribution in [1.29, 1.82) is 0 Å². The predicted molar refractivity (Wildman–Crippen MR) is 27.2 cm³/mol. The Labute approximate surface area is 44.8 Å². The average molecular weight is 112 g/mol. The van der Waals surface area contributed by atoms with E-state index in [4.69, 9.17) is 0 Å². The van der Waals surface area contributed by atoms with Crippen molar-refractivity contribution in [3.05, 3.63) is 23.0 Å². The SMILES string of the molecule is C=Cc1nc(=O)[nH]o1. The van der Waals surface area contributed by atoms with Gasteiger partial charge in [-0.25, -0.2) is 4.79 Å². The van der Waals surface area contributed by atoms with Crippen LogP contribution < -0.4 is 5.69 Å². The summed E-state index contributed by atoms with van der Waals surface area (Å²) in [4.78, 5) is 13.5. The normalized spacial score (nSPS) is 9.00. The second-order valence-electron chi connectivity index (χ2n) is 1.16. The summed E-state index contributed by atoms with van der Waals surface area (Å²) in [6.45, 7) is 3.33. The molecule has 0 saturated carbocycles. The van der Waals surface area contributed by atoms with Crippen molar-refractivity contribution in [3.8, 4) is 0 Å². The van der Waals surface area contributed by atoms with Crippen LogP contribution in [0.2, 0.25) is 0 Å². The van der Waals surface area contributed by atoms with Crippen molar-refractivity contribution in [3.63, 3.8) is 0 Å². The lowest BCUT2D eigenvalue weighted by molar-refractivity contribution is 0.404. The molecule has 0 spiro atoms. The number of nitrogens with one attached hydrogen (secondary N) is 1. The Morgan fingerprint density at radius 2 is 2.62 bits per heavy atom. The molecule has 4 heteroatoms. The summed E-state index contributed by atoms with van der Waals surface area (Å²) in [5.41, 5.74) is -0.486. The predicted octanol–water partition coefficient (Wildman–Crippen LogP) is 0.00590. The first kappa shape index (κ1) is 4.83. The van der Waals surface area contributed by atoms with E-state index < -0.39 is 5.69 Å². The van der Waals surface area contributed by atoms with Crippen molar-refractivity contribution in [1.82, 2.24) is 10.1 Å². The van der Waals surface area contributed by atoms with Gasteiger partial charge >= 0.3 is 5.69 Å². The molecule has 0 aliphatic carbocycles. The summed E-state index contributed by atoms with van der Waals surface area (Å²) in [7, 11) is 0. The number of aromatic amines is 1. The first-order valence-corrected chi connectivity index (χ1v) is 2.01. The van der Waals surface area contributed by atoms with Gasteiger partial charge in [0.05, 0.1) is 0 Å². The zero-order valence-corrected chi connectivity index (χ0v) is 4.05. The van der Waals surface area contributed by atoms with Crippen LogP contribution in [0.3, 0.4) is 0 Å². The minimum absolute atomic E-state index is 0.218. The minimum Gasteiger partial charge on any atom is -0.357 e. The fourth-order valence-corrected chi connectivity index (χ4v) is 0.329. The van der Waals surface area contributed by atoms with Crippen molar-refractivity contribution >= 4 is 6.08 Å². The van der Waals surface area contributed by atoms with E-state index in [9.17, 15) is 4.79 Å². The minimum atomic E-state index is -0.486. The van der Waals surface area contributed by atoms with E-state index in [-0.39, 0.29) is 5.89 Å². The standard InChI is InChI=1S/C4H4N2O2/c1-2-3-5-4(7)6-8-3/h2H,1H2,(H,6,7). The second kappa shape index (κ2) is 1.65. The van der Waals surface area contributed by atoms with Crippen LogP contribution >= 0.6 is 0 Å². The molecule has 0 aliphatic rings. The van der Waals surface area contributed by atoms with Crippen LogP contribution in [0.15, 0.2) is 15.9 Å². The van der Waals surface area contributed by atoms with Gasteiger partial charge in [-0.3, -0.25) is 0 Å². The number of hydrogen-bond donors (Lipinski definition) is 1. The molecule has 0 bridgehead atoms. The molecule has 1 aromatic rings. The zero-order chi connectivity index (χ0) is 5.98. The van der Waals surface area contributed by atoms with Gasteiger partial charge in [-0.2, -0.15) is 10.1 Å². The fourth-order valence-electron chi connectivity index (χ4n) is 0.329. The van der Waals surface area contributed by atoms with Crippen LogP contribution in [-0.2, 0) is 0 Å². The summed E-state index contributed by atoms with van der Waals surface area (Å²) in [5.74, 6) is 0.218. The summed E-state index contributed by atoms with van der Waals surface area (Å²) >= 11 is 0. The van der Waals surface area contributed by atoms with Gasteiger partial charge in [-0.05, 0) is 6.08 Å². The van der Waals surface area contributed by atoms with E-state index in [0.717, 1.165) is 0 Å². The molecule has 0 saturated heterocycles. The van der Waals surface area contributed by atoms with E-state index in [0.29, 0.717) is 0 Å². The van der Waals surface area contributed by atoms with Gasteiger partial charge in [-0.15, -0.1) is 0 Å². The highest BCUT2D eigenvalue weighted by Gasteiger charge is 1.90. The van der Waals surface area contributed by atoms with Gasteiger partial charge < -0.3 is 4.52 Å². The number of aromatic nitrogens is 2. The van der Waals surface area contributed by atoms with Crippen molar-refractivity contribution in [2.45, 2.75) is 0 Å². The summed E-state index contributed by atoms with van der Waals surface area (Å²) in [6, 6.07) is 0. The van der Waals surface area contributed by atoms with Gasteiger partial charge in [0.2, 0.25) is 5.89 Å². The Hall–Kier alpha value is -1.32. The van der Waals surface area contributed by atoms with E-state index in [1.54, 1.807) is 0 Å². The average Bonchev–Trinajstić information content (AvgIpc) is 2.14. The highest BCUT2D eigenvalue weighted by molar-refractivity contribution is 5.31. The van der Waals surface area contributed by atoms with Crippen LogP contribution in [-0.4, -0.2) is 10.1 Å². The van der Waals surface area contributed by atoms with Crippen LogP contribution in [0.25, 0.3) is 6.08 Å². The van der Waals surface area contributed by atoms with E-state index in [1.165, 1.54) is 6.08 Å². The first-order valence-electron chi connectivity index (χ1n) is 2.01. The van der Waals surface area contributed by atoms with Gasteiger partial charge in [0.1, 0.15) is 0 Å². The molecule has 0 fully saturated rings. The Morgan fingerprint density at radius 3 is 2.88 bits per heavy atom. The highest BCUT2D eigenvalue weighted by atomic mass is 16.5. The van der Waals surface area contributed by atoms with E-state index in [2.05, 4.69) is 16.1 Å². The molecular formula is C4H4N2O2. The quantitative estimate of drug-likeness (QED) is 0.556. The molecule has 1 heterocycles. The second-order valence-corrected chi connectivity index (χ2v) is 1.16. The maximum absolute atomic E-state index is 10.1. The van der Waals surface area contributed by atoms with E-state index in [1.807, 2.05) is 5.16 Å². The molecule has 0 unspecified atom stereocenters. The lowest BCUT2D eigenvalue weighted by atomic mass is 10.6. The highest BCUT2D eigenvalue weighted by Crippen LogP contribution is 1.85. The van der Waals surface area contributed by atoms with E-state index >= 15 is 0 Å². The third kappa shape index (κ3) is 0.676. The largest absolute Gasteiger partial charge is 0.377 e. The zero-order valence-electron chi connectivity index (χ0n) is 4.05. The monoisotopic (exact) mass is 112 g/mol. The third-order valence-corrected chi connectivity index (χ3v) is 0.629. The molecule has 0 atom stereocenters. The number of H-pyrrole nitrogens is 1. The van der Waals surface area contributed by atoms with Crippen LogP contribution in [0, 0.1) is 0 Å². The van der Waals surface area contributed by atoms with Crippen LogP contribution in [0.5, 0.6) is 0 Å². The maximum Gasteiger partial charge on any atom is 0.377 e. The number of nitrogens with zero attached hydrogens (tertiary/aromatic N) is 1. The van der Waals surface area contributed by atoms with Gasteiger partial charge in [0, 0.05) is 0 Å². The molecule has 1 N–H and O–H groups in total. The Bertz CT molecular complexity index is 234. The Balaban J connectivity index is 3.18. The Kier molecular flexibility index (Phi) is 0.997. The molecule has 1 rings (SSSR count). The number of hydrogen-bond acceptors (Lipinski definition) is 3. The molecule has 0 amide bonds. The van der Waals surface area contributed by atoms with Gasteiger partial charge in [-0.1, -0.05) is 6.58 Å².